The maximum Gasteiger partial charge on any atom is 0.350 e. The van der Waals surface area contributed by atoms with Gasteiger partial charge in [0.2, 0.25) is 0 Å². The zero-order chi connectivity index (χ0) is 20.5. The second kappa shape index (κ2) is 7.51. The highest BCUT2D eigenvalue weighted by molar-refractivity contribution is 5.89. The van der Waals surface area contributed by atoms with Gasteiger partial charge in [-0.25, -0.2) is 14.3 Å². The summed E-state index contributed by atoms with van der Waals surface area (Å²) >= 11 is 0. The molecule has 2 amide bonds. The van der Waals surface area contributed by atoms with E-state index in [9.17, 15) is 9.59 Å². The molecule has 0 fully saturated rings. The van der Waals surface area contributed by atoms with Gasteiger partial charge >= 0.3 is 11.7 Å². The molecule has 1 N–H and O–H groups in total. The van der Waals surface area contributed by atoms with Gasteiger partial charge in [-0.1, -0.05) is 42.5 Å². The molecule has 2 aromatic carbocycles. The van der Waals surface area contributed by atoms with Gasteiger partial charge in [-0.05, 0) is 47.4 Å². The number of aromatic nitrogens is 3. The quantitative estimate of drug-likeness (QED) is 0.575. The summed E-state index contributed by atoms with van der Waals surface area (Å²) in [5.41, 5.74) is 4.51. The molecule has 0 bridgehead atoms. The number of pyridine rings is 1. The van der Waals surface area contributed by atoms with Gasteiger partial charge in [0.1, 0.15) is 0 Å². The van der Waals surface area contributed by atoms with Crippen LogP contribution in [0.25, 0.3) is 5.65 Å². The van der Waals surface area contributed by atoms with E-state index in [4.69, 9.17) is 0 Å². The Balaban J connectivity index is 1.31. The number of nitrogens with one attached hydrogen (secondary N) is 1. The smallest absolute Gasteiger partial charge is 0.320 e. The molecular formula is C23H21N5O2. The van der Waals surface area contributed by atoms with E-state index in [1.54, 1.807) is 18.3 Å². The Morgan fingerprint density at radius 1 is 1.00 bits per heavy atom. The standard InChI is InChI=1S/C23H21N5O2/c29-22(26-13-11-18-7-1-2-8-19(18)16-26)24-20-9-5-6-17(14-20)15-28-23(30)27-12-4-3-10-21(27)25-28/h1-10,12,14H,11,13,15-16H2,(H,24,29). The molecule has 7 nitrogen and oxygen atoms in total. The van der Waals surface area contributed by atoms with Gasteiger partial charge in [-0.3, -0.25) is 4.40 Å². The summed E-state index contributed by atoms with van der Waals surface area (Å²) in [6, 6.07) is 21.1. The Bertz CT molecular complexity index is 1290. The molecule has 0 atom stereocenters. The van der Waals surface area contributed by atoms with Gasteiger partial charge < -0.3 is 10.2 Å². The Kier molecular flexibility index (Phi) is 4.55. The summed E-state index contributed by atoms with van der Waals surface area (Å²) in [4.78, 5) is 27.1. The molecular weight excluding hydrogens is 378 g/mol. The third-order valence-electron chi connectivity index (χ3n) is 5.42. The zero-order valence-corrected chi connectivity index (χ0v) is 16.4. The minimum Gasteiger partial charge on any atom is -0.320 e. The molecule has 30 heavy (non-hydrogen) atoms. The van der Waals surface area contributed by atoms with Crippen molar-refractivity contribution in [3.63, 3.8) is 0 Å². The van der Waals surface area contributed by atoms with Crippen molar-refractivity contribution in [1.82, 2.24) is 19.1 Å². The second-order valence-corrected chi connectivity index (χ2v) is 7.44. The minimum absolute atomic E-state index is 0.119. The van der Waals surface area contributed by atoms with Crippen LogP contribution >= 0.6 is 0 Å². The van der Waals surface area contributed by atoms with E-state index in [1.165, 1.54) is 20.2 Å². The van der Waals surface area contributed by atoms with Gasteiger partial charge in [-0.15, -0.1) is 5.10 Å². The van der Waals surface area contributed by atoms with E-state index >= 15 is 0 Å². The van der Waals surface area contributed by atoms with Gasteiger partial charge in [0.15, 0.2) is 5.65 Å². The van der Waals surface area contributed by atoms with Gasteiger partial charge in [0.25, 0.3) is 0 Å². The maximum atomic E-state index is 12.8. The van der Waals surface area contributed by atoms with Crippen LogP contribution in [0, 0.1) is 0 Å². The molecule has 0 saturated heterocycles. The molecule has 5 rings (SSSR count). The number of hydrogen-bond donors (Lipinski definition) is 1. The number of urea groups is 1. The number of hydrogen-bond acceptors (Lipinski definition) is 3. The topological polar surface area (TPSA) is 71.6 Å². The van der Waals surface area contributed by atoms with E-state index in [1.807, 2.05) is 47.4 Å². The fourth-order valence-electron chi connectivity index (χ4n) is 3.86. The number of fused-ring (bicyclic) bond motifs is 2. The molecule has 7 heteroatoms. The number of amides is 2. The van der Waals surface area contributed by atoms with Gasteiger partial charge in [0.05, 0.1) is 6.54 Å². The highest BCUT2D eigenvalue weighted by Gasteiger charge is 2.20. The second-order valence-electron chi connectivity index (χ2n) is 7.44. The van der Waals surface area contributed by atoms with Crippen LogP contribution in [0.5, 0.6) is 0 Å². The van der Waals surface area contributed by atoms with Crippen molar-refractivity contribution in [3.8, 4) is 0 Å². The average molecular weight is 399 g/mol. The van der Waals surface area contributed by atoms with Crippen molar-refractivity contribution in [1.29, 1.82) is 0 Å². The molecule has 0 unspecified atom stereocenters. The summed E-state index contributed by atoms with van der Waals surface area (Å²) in [6.45, 7) is 1.64. The Morgan fingerprint density at radius 3 is 2.70 bits per heavy atom. The van der Waals surface area contributed by atoms with Crippen LogP contribution in [-0.2, 0) is 19.5 Å². The predicted molar refractivity (Wildman–Crippen MR) is 115 cm³/mol. The molecule has 1 aliphatic heterocycles. The van der Waals surface area contributed by atoms with Crippen LogP contribution < -0.4 is 11.0 Å². The number of benzene rings is 2. The molecule has 1 aliphatic rings. The van der Waals surface area contributed by atoms with Crippen LogP contribution in [0.1, 0.15) is 16.7 Å². The van der Waals surface area contributed by atoms with Crippen LogP contribution in [0.2, 0.25) is 0 Å². The fraction of sp³-hybridized carbons (Fsp3) is 0.174. The first-order valence-electron chi connectivity index (χ1n) is 9.93. The molecule has 150 valence electrons. The lowest BCUT2D eigenvalue weighted by atomic mass is 10.0. The minimum atomic E-state index is -0.188. The lowest BCUT2D eigenvalue weighted by Gasteiger charge is -2.29. The number of carbonyl (C=O) groups is 1. The van der Waals surface area contributed by atoms with Crippen molar-refractivity contribution < 1.29 is 4.79 Å². The van der Waals surface area contributed by atoms with Crippen molar-refractivity contribution in [2.45, 2.75) is 19.5 Å². The highest BCUT2D eigenvalue weighted by Crippen LogP contribution is 2.20. The Hall–Kier alpha value is -3.87. The summed E-state index contributed by atoms with van der Waals surface area (Å²) in [7, 11) is 0. The van der Waals surface area contributed by atoms with E-state index in [0.29, 0.717) is 31.0 Å². The van der Waals surface area contributed by atoms with Crippen LogP contribution in [0.4, 0.5) is 10.5 Å². The lowest BCUT2D eigenvalue weighted by Crippen LogP contribution is -2.38. The molecule has 0 aliphatic carbocycles. The third kappa shape index (κ3) is 3.45. The molecule has 0 radical (unpaired) electrons. The Morgan fingerprint density at radius 2 is 1.83 bits per heavy atom. The van der Waals surface area contributed by atoms with Crippen molar-refractivity contribution in [2.75, 3.05) is 11.9 Å². The molecule has 2 aromatic heterocycles. The van der Waals surface area contributed by atoms with E-state index in [2.05, 4.69) is 22.5 Å². The van der Waals surface area contributed by atoms with Crippen LogP contribution in [-0.4, -0.2) is 31.7 Å². The van der Waals surface area contributed by atoms with E-state index in [-0.39, 0.29) is 11.7 Å². The summed E-state index contributed by atoms with van der Waals surface area (Å²) < 4.78 is 2.94. The maximum absolute atomic E-state index is 12.8. The predicted octanol–water partition coefficient (Wildman–Crippen LogP) is 3.13. The number of carbonyl (C=O) groups excluding carboxylic acids is 1. The molecule has 4 aromatic rings. The zero-order valence-electron chi connectivity index (χ0n) is 16.4. The summed E-state index contributed by atoms with van der Waals surface area (Å²) in [6.07, 6.45) is 2.56. The summed E-state index contributed by atoms with van der Waals surface area (Å²) in [5, 5.41) is 7.35. The van der Waals surface area contributed by atoms with E-state index < -0.39 is 0 Å². The monoisotopic (exact) mass is 399 g/mol. The first kappa shape index (κ1) is 18.2. The van der Waals surface area contributed by atoms with Crippen molar-refractivity contribution in [2.24, 2.45) is 0 Å². The van der Waals surface area contributed by atoms with Gasteiger partial charge in [-0.2, -0.15) is 0 Å². The number of nitrogens with zero attached hydrogens (tertiary/aromatic N) is 4. The molecule has 3 heterocycles. The lowest BCUT2D eigenvalue weighted by molar-refractivity contribution is 0.206. The molecule has 0 spiro atoms. The SMILES string of the molecule is O=C(Nc1cccc(Cn2nc3ccccn3c2=O)c1)N1CCc2ccccc2C1. The van der Waals surface area contributed by atoms with Crippen molar-refractivity contribution in [3.05, 3.63) is 100 Å². The van der Waals surface area contributed by atoms with Gasteiger partial charge in [0, 0.05) is 25.0 Å². The normalized spacial score (nSPS) is 13.3. The first-order chi connectivity index (χ1) is 14.7. The van der Waals surface area contributed by atoms with Crippen molar-refractivity contribution >= 4 is 17.4 Å². The average Bonchev–Trinajstić information content (AvgIpc) is 3.09. The molecule has 0 saturated carbocycles. The summed E-state index contributed by atoms with van der Waals surface area (Å²) in [5.74, 6) is 0. The fourth-order valence-corrected chi connectivity index (χ4v) is 3.86. The van der Waals surface area contributed by atoms with Crippen LogP contribution in [0.15, 0.2) is 77.7 Å². The number of rotatable bonds is 3. The first-order valence-corrected chi connectivity index (χ1v) is 9.93. The largest absolute Gasteiger partial charge is 0.350 e. The van der Waals surface area contributed by atoms with E-state index in [0.717, 1.165) is 12.0 Å². The highest BCUT2D eigenvalue weighted by atomic mass is 16.2. The Labute approximate surface area is 173 Å². The van der Waals surface area contributed by atoms with Crippen LogP contribution in [0.3, 0.4) is 0 Å². The number of anilines is 1. The third-order valence-corrected chi connectivity index (χ3v) is 5.42.